The minimum absolute atomic E-state index is 0.613. The first-order chi connectivity index (χ1) is 15.2. The number of nitrogens with zero attached hydrogens (tertiary/aromatic N) is 4. The molecule has 0 unspecified atom stereocenters. The van der Waals surface area contributed by atoms with Gasteiger partial charge in [-0.3, -0.25) is 4.99 Å². The summed E-state index contributed by atoms with van der Waals surface area (Å²) in [6.45, 7) is 3.07. The first kappa shape index (κ1) is 20.8. The first-order valence-corrected chi connectivity index (χ1v) is 10.4. The summed E-state index contributed by atoms with van der Waals surface area (Å²) in [5.41, 5.74) is 3.78. The fraction of sp³-hybridized carbons (Fsp3) is 0.333. The molecule has 0 bridgehead atoms. The lowest BCUT2D eigenvalue weighted by atomic mass is 9.99. The van der Waals surface area contributed by atoms with Crippen LogP contribution in [0, 0.1) is 0 Å². The molecule has 0 saturated carbocycles. The summed E-state index contributed by atoms with van der Waals surface area (Å²) in [5, 5.41) is 3.49. The average molecular weight is 420 g/mol. The molecular weight excluding hydrogens is 390 g/mol. The van der Waals surface area contributed by atoms with Crippen LogP contribution in [0.4, 0.5) is 0 Å². The number of fused-ring (bicyclic) bond motifs is 1. The molecule has 2 aromatic carbocycles. The molecule has 0 atom stereocenters. The Hall–Kier alpha value is -3.48. The molecule has 162 valence electrons. The second kappa shape index (κ2) is 9.55. The average Bonchev–Trinajstić information content (AvgIpc) is 3.25. The van der Waals surface area contributed by atoms with Crippen LogP contribution in [0.3, 0.4) is 0 Å². The normalized spacial score (nSPS) is 13.6. The molecule has 1 aliphatic rings. The number of methoxy groups -OCH3 is 2. The summed E-state index contributed by atoms with van der Waals surface area (Å²) in [6, 6.07) is 14.6. The molecule has 7 heteroatoms. The summed E-state index contributed by atoms with van der Waals surface area (Å²) >= 11 is 0. The Balaban J connectivity index is 1.43. The van der Waals surface area contributed by atoms with Gasteiger partial charge in [-0.15, -0.1) is 0 Å². The van der Waals surface area contributed by atoms with Gasteiger partial charge in [-0.2, -0.15) is 0 Å². The highest BCUT2D eigenvalue weighted by atomic mass is 16.5. The third-order valence-electron chi connectivity index (χ3n) is 5.63. The van der Waals surface area contributed by atoms with E-state index >= 15 is 0 Å². The molecule has 7 nitrogen and oxygen atoms in total. The van der Waals surface area contributed by atoms with E-state index < -0.39 is 0 Å². The van der Waals surface area contributed by atoms with Crippen molar-refractivity contribution < 1.29 is 9.47 Å². The lowest BCUT2D eigenvalue weighted by Crippen LogP contribution is -2.44. The van der Waals surface area contributed by atoms with Crippen molar-refractivity contribution >= 4 is 5.96 Å². The van der Waals surface area contributed by atoms with Gasteiger partial charge < -0.3 is 24.3 Å². The van der Waals surface area contributed by atoms with Crippen molar-refractivity contribution in [3.63, 3.8) is 0 Å². The predicted octanol–water partition coefficient (Wildman–Crippen LogP) is 3.08. The van der Waals surface area contributed by atoms with E-state index in [1.165, 1.54) is 16.7 Å². The Morgan fingerprint density at radius 1 is 1.10 bits per heavy atom. The van der Waals surface area contributed by atoms with Gasteiger partial charge in [0.1, 0.15) is 5.82 Å². The van der Waals surface area contributed by atoms with Gasteiger partial charge in [0.25, 0.3) is 0 Å². The third-order valence-corrected chi connectivity index (χ3v) is 5.63. The van der Waals surface area contributed by atoms with Crippen molar-refractivity contribution in [3.05, 3.63) is 77.4 Å². The highest BCUT2D eigenvalue weighted by Crippen LogP contribution is 2.33. The SMILES string of the molecule is CN=C(NCc1nccn1Cc1ccccc1)N1CCc2cc(OC)c(OC)cc2C1. The van der Waals surface area contributed by atoms with Gasteiger partial charge in [0.05, 0.1) is 20.8 Å². The minimum Gasteiger partial charge on any atom is -0.493 e. The van der Waals surface area contributed by atoms with Gasteiger partial charge in [0.15, 0.2) is 17.5 Å². The standard InChI is InChI=1S/C24H29N5O2/c1-25-24(27-15-23-26-10-12-28(23)16-18-7-5-4-6-8-18)29-11-9-19-13-21(30-2)22(31-3)14-20(19)17-29/h4-8,10,12-14H,9,11,15-17H2,1-3H3,(H,25,27). The second-order valence-corrected chi connectivity index (χ2v) is 7.51. The number of rotatable bonds is 6. The fourth-order valence-corrected chi connectivity index (χ4v) is 3.99. The zero-order valence-corrected chi connectivity index (χ0v) is 18.3. The largest absolute Gasteiger partial charge is 0.493 e. The van der Waals surface area contributed by atoms with E-state index in [0.717, 1.165) is 49.3 Å². The summed E-state index contributed by atoms with van der Waals surface area (Å²) < 4.78 is 13.1. The number of aliphatic imine (C=N–C) groups is 1. The van der Waals surface area contributed by atoms with E-state index in [4.69, 9.17) is 9.47 Å². The van der Waals surface area contributed by atoms with E-state index in [0.29, 0.717) is 6.54 Å². The van der Waals surface area contributed by atoms with Crippen molar-refractivity contribution in [1.82, 2.24) is 19.8 Å². The van der Waals surface area contributed by atoms with Crippen molar-refractivity contribution in [3.8, 4) is 11.5 Å². The maximum Gasteiger partial charge on any atom is 0.194 e. The van der Waals surface area contributed by atoms with Crippen LogP contribution in [0.15, 0.2) is 59.9 Å². The molecule has 3 aromatic rings. The molecule has 31 heavy (non-hydrogen) atoms. The van der Waals surface area contributed by atoms with Crippen molar-refractivity contribution in [2.45, 2.75) is 26.1 Å². The third kappa shape index (κ3) is 4.66. The quantitative estimate of drug-likeness (QED) is 0.491. The topological polar surface area (TPSA) is 63.9 Å². The molecule has 0 spiro atoms. The molecular formula is C24H29N5O2. The van der Waals surface area contributed by atoms with Crippen molar-refractivity contribution in [1.29, 1.82) is 0 Å². The van der Waals surface area contributed by atoms with Crippen molar-refractivity contribution in [2.75, 3.05) is 27.8 Å². The van der Waals surface area contributed by atoms with E-state index in [-0.39, 0.29) is 0 Å². The summed E-state index contributed by atoms with van der Waals surface area (Å²) in [6.07, 6.45) is 4.79. The number of guanidine groups is 1. The molecule has 0 fully saturated rings. The maximum absolute atomic E-state index is 5.48. The minimum atomic E-state index is 0.613. The Kier molecular flexibility index (Phi) is 6.40. The number of hydrogen-bond donors (Lipinski definition) is 1. The molecule has 0 radical (unpaired) electrons. The van der Waals surface area contributed by atoms with Crippen LogP contribution in [-0.4, -0.2) is 48.2 Å². The molecule has 2 heterocycles. The van der Waals surface area contributed by atoms with Crippen molar-refractivity contribution in [2.24, 2.45) is 4.99 Å². The van der Waals surface area contributed by atoms with E-state index in [2.05, 4.69) is 61.2 Å². The van der Waals surface area contributed by atoms with E-state index in [1.807, 2.05) is 25.5 Å². The molecule has 1 N–H and O–H groups in total. The summed E-state index contributed by atoms with van der Waals surface area (Å²) in [5.74, 6) is 3.39. The molecule has 0 aliphatic carbocycles. The van der Waals surface area contributed by atoms with Crippen LogP contribution >= 0.6 is 0 Å². The van der Waals surface area contributed by atoms with Gasteiger partial charge in [0, 0.05) is 39.1 Å². The number of imidazole rings is 1. The Morgan fingerprint density at radius 3 is 2.55 bits per heavy atom. The number of ether oxygens (including phenoxy) is 2. The van der Waals surface area contributed by atoms with Crippen LogP contribution in [0.1, 0.15) is 22.5 Å². The predicted molar refractivity (Wildman–Crippen MR) is 122 cm³/mol. The Morgan fingerprint density at radius 2 is 1.84 bits per heavy atom. The van der Waals surface area contributed by atoms with E-state index in [9.17, 15) is 0 Å². The van der Waals surface area contributed by atoms with E-state index in [1.54, 1.807) is 14.2 Å². The maximum atomic E-state index is 5.48. The highest BCUT2D eigenvalue weighted by molar-refractivity contribution is 5.80. The Bertz CT molecular complexity index is 1050. The Labute approximate surface area is 183 Å². The zero-order chi connectivity index (χ0) is 21.6. The first-order valence-electron chi connectivity index (χ1n) is 10.4. The highest BCUT2D eigenvalue weighted by Gasteiger charge is 2.22. The monoisotopic (exact) mass is 419 g/mol. The van der Waals surface area contributed by atoms with Crippen LogP contribution in [-0.2, 0) is 26.1 Å². The number of hydrogen-bond acceptors (Lipinski definition) is 4. The molecule has 4 rings (SSSR count). The van der Waals surface area contributed by atoms with Gasteiger partial charge in [-0.25, -0.2) is 4.98 Å². The van der Waals surface area contributed by atoms with Crippen LogP contribution in [0.5, 0.6) is 11.5 Å². The number of aromatic nitrogens is 2. The summed E-state index contributed by atoms with van der Waals surface area (Å²) in [7, 11) is 5.17. The number of benzene rings is 2. The fourth-order valence-electron chi connectivity index (χ4n) is 3.99. The molecule has 1 aromatic heterocycles. The molecule has 0 amide bonds. The zero-order valence-electron chi connectivity index (χ0n) is 18.3. The van der Waals surface area contributed by atoms with Gasteiger partial charge in [-0.05, 0) is 35.2 Å². The second-order valence-electron chi connectivity index (χ2n) is 7.51. The van der Waals surface area contributed by atoms with Gasteiger partial charge in [-0.1, -0.05) is 30.3 Å². The van der Waals surface area contributed by atoms with Crippen LogP contribution < -0.4 is 14.8 Å². The van der Waals surface area contributed by atoms with Gasteiger partial charge in [0.2, 0.25) is 0 Å². The smallest absolute Gasteiger partial charge is 0.194 e. The molecule has 0 saturated heterocycles. The summed E-state index contributed by atoms with van der Waals surface area (Å²) in [4.78, 5) is 11.3. The molecule has 1 aliphatic heterocycles. The van der Waals surface area contributed by atoms with Gasteiger partial charge >= 0.3 is 0 Å². The lowest BCUT2D eigenvalue weighted by molar-refractivity contribution is 0.345. The van der Waals surface area contributed by atoms with Crippen LogP contribution in [0.25, 0.3) is 0 Å². The van der Waals surface area contributed by atoms with Crippen LogP contribution in [0.2, 0.25) is 0 Å². The number of nitrogens with one attached hydrogen (secondary N) is 1. The lowest BCUT2D eigenvalue weighted by Gasteiger charge is -2.32.